The van der Waals surface area contributed by atoms with E-state index in [0.717, 1.165) is 0 Å². The van der Waals surface area contributed by atoms with Crippen LogP contribution >= 0.6 is 0 Å². The number of allylic oxidation sites excluding steroid dienone is 2. The van der Waals surface area contributed by atoms with Crippen molar-refractivity contribution in [2.75, 3.05) is 0 Å². The van der Waals surface area contributed by atoms with E-state index in [1.165, 1.54) is 102 Å². The minimum atomic E-state index is 0. The van der Waals surface area contributed by atoms with Crippen LogP contribution in [0.3, 0.4) is 0 Å². The number of rotatable bonds is 17. The molecule has 0 unspecified atom stereocenters. The Morgan fingerprint density at radius 3 is 1.86 bits per heavy atom. The van der Waals surface area contributed by atoms with Crippen LogP contribution in [0, 0.1) is 0 Å². The van der Waals surface area contributed by atoms with Crippen molar-refractivity contribution < 1.29 is 17.0 Å². The van der Waals surface area contributed by atoms with Crippen LogP contribution in [-0.2, 0) is 13.5 Å². The first-order valence-electron chi connectivity index (χ1n) is 11.9. The van der Waals surface area contributed by atoms with Gasteiger partial charge in [-0.25, -0.2) is 9.13 Å². The van der Waals surface area contributed by atoms with Gasteiger partial charge in [0.05, 0.1) is 13.1 Å². The Kier molecular flexibility index (Phi) is 17.8. The SMILES string of the molecule is CCCCCCCCC=CCCCCCCCCc1n(C(C)C)cc[n+]1C.[Cl-]. The average Bonchev–Trinajstić information content (AvgIpc) is 3.02. The molecule has 0 saturated carbocycles. The van der Waals surface area contributed by atoms with Crippen LogP contribution < -0.4 is 17.0 Å². The molecule has 0 radical (unpaired) electrons. The molecule has 1 heterocycles. The summed E-state index contributed by atoms with van der Waals surface area (Å²) < 4.78 is 4.70. The zero-order valence-electron chi connectivity index (χ0n) is 19.3. The number of aromatic nitrogens is 2. The molecule has 0 spiro atoms. The van der Waals surface area contributed by atoms with E-state index in [2.05, 4.69) is 61.5 Å². The summed E-state index contributed by atoms with van der Waals surface area (Å²) in [6.07, 6.45) is 29.8. The first-order valence-corrected chi connectivity index (χ1v) is 11.9. The van der Waals surface area contributed by atoms with E-state index < -0.39 is 0 Å². The minimum absolute atomic E-state index is 0. The molecule has 1 aromatic rings. The smallest absolute Gasteiger partial charge is 0.256 e. The lowest BCUT2D eigenvalue weighted by Gasteiger charge is -2.06. The molecule has 0 aliphatic rings. The van der Waals surface area contributed by atoms with Crippen LogP contribution in [-0.4, -0.2) is 4.57 Å². The lowest BCUT2D eigenvalue weighted by Crippen LogP contribution is -3.00. The van der Waals surface area contributed by atoms with Gasteiger partial charge < -0.3 is 12.4 Å². The van der Waals surface area contributed by atoms with Crippen molar-refractivity contribution >= 4 is 0 Å². The predicted molar refractivity (Wildman–Crippen MR) is 119 cm³/mol. The zero-order valence-corrected chi connectivity index (χ0v) is 20.0. The molecule has 0 N–H and O–H groups in total. The second kappa shape index (κ2) is 18.3. The molecule has 28 heavy (non-hydrogen) atoms. The van der Waals surface area contributed by atoms with Gasteiger partial charge in [0.1, 0.15) is 12.4 Å². The highest BCUT2D eigenvalue weighted by Crippen LogP contribution is 2.13. The summed E-state index contributed by atoms with van der Waals surface area (Å²) >= 11 is 0. The summed E-state index contributed by atoms with van der Waals surface area (Å²) in [6.45, 7) is 6.83. The molecular weight excluding hydrogens is 364 g/mol. The largest absolute Gasteiger partial charge is 1.00 e. The highest BCUT2D eigenvalue weighted by atomic mass is 35.5. The van der Waals surface area contributed by atoms with Crippen LogP contribution in [0.5, 0.6) is 0 Å². The fraction of sp³-hybridized carbons (Fsp3) is 0.800. The Morgan fingerprint density at radius 2 is 1.32 bits per heavy atom. The standard InChI is InChI=1S/C25H47N2.ClH/c1-5-6-7-8-9-10-11-12-13-14-15-16-17-18-19-20-21-25-26(4)22-23-27(25)24(2)3;/h12-13,22-24H,5-11,14-21H2,1-4H3;1H/q+1;/p-1. The minimum Gasteiger partial charge on any atom is -1.00 e. The first kappa shape index (κ1) is 27.2. The monoisotopic (exact) mass is 410 g/mol. The molecule has 0 aromatic carbocycles. The highest BCUT2D eigenvalue weighted by molar-refractivity contribution is 4.86. The Bertz CT molecular complexity index is 491. The molecule has 2 nitrogen and oxygen atoms in total. The normalized spacial score (nSPS) is 11.5. The Labute approximate surface area is 182 Å². The van der Waals surface area contributed by atoms with Gasteiger partial charge in [-0.1, -0.05) is 76.9 Å². The zero-order chi connectivity index (χ0) is 19.7. The van der Waals surface area contributed by atoms with E-state index in [-0.39, 0.29) is 12.4 Å². The molecule has 164 valence electrons. The number of unbranched alkanes of at least 4 members (excludes halogenated alkanes) is 12. The summed E-state index contributed by atoms with van der Waals surface area (Å²) in [5.41, 5.74) is 0. The maximum Gasteiger partial charge on any atom is 0.256 e. The van der Waals surface area contributed by atoms with Gasteiger partial charge in [0.15, 0.2) is 0 Å². The van der Waals surface area contributed by atoms with Gasteiger partial charge >= 0.3 is 0 Å². The van der Waals surface area contributed by atoms with Gasteiger partial charge in [-0.3, -0.25) is 0 Å². The molecular formula is C25H47ClN2. The maximum absolute atomic E-state index is 2.42. The molecule has 0 fully saturated rings. The quantitative estimate of drug-likeness (QED) is 0.203. The van der Waals surface area contributed by atoms with Gasteiger partial charge in [0.2, 0.25) is 0 Å². The van der Waals surface area contributed by atoms with Crippen molar-refractivity contribution in [1.29, 1.82) is 0 Å². The highest BCUT2D eigenvalue weighted by Gasteiger charge is 2.15. The first-order chi connectivity index (χ1) is 13.2. The van der Waals surface area contributed by atoms with Crippen molar-refractivity contribution in [3.8, 4) is 0 Å². The third-order valence-corrected chi connectivity index (χ3v) is 5.62. The molecule has 0 aliphatic heterocycles. The lowest BCUT2D eigenvalue weighted by atomic mass is 10.1. The van der Waals surface area contributed by atoms with Crippen molar-refractivity contribution in [3.63, 3.8) is 0 Å². The second-order valence-electron chi connectivity index (χ2n) is 8.51. The topological polar surface area (TPSA) is 8.81 Å². The Balaban J connectivity index is 0.00000729. The molecule has 0 amide bonds. The number of halogens is 1. The third-order valence-electron chi connectivity index (χ3n) is 5.62. The second-order valence-corrected chi connectivity index (χ2v) is 8.51. The fourth-order valence-electron chi connectivity index (χ4n) is 3.83. The van der Waals surface area contributed by atoms with Gasteiger partial charge in [-0.2, -0.15) is 0 Å². The van der Waals surface area contributed by atoms with Crippen LogP contribution in [0.2, 0.25) is 0 Å². The van der Waals surface area contributed by atoms with E-state index >= 15 is 0 Å². The van der Waals surface area contributed by atoms with Crippen LogP contribution in [0.1, 0.15) is 123 Å². The molecule has 0 aliphatic carbocycles. The van der Waals surface area contributed by atoms with Crippen molar-refractivity contribution in [1.82, 2.24) is 4.57 Å². The Morgan fingerprint density at radius 1 is 0.821 bits per heavy atom. The van der Waals surface area contributed by atoms with Gasteiger partial charge in [-0.15, -0.1) is 0 Å². The van der Waals surface area contributed by atoms with Crippen molar-refractivity contribution in [3.05, 3.63) is 30.4 Å². The van der Waals surface area contributed by atoms with Crippen molar-refractivity contribution in [2.24, 2.45) is 7.05 Å². The van der Waals surface area contributed by atoms with E-state index in [9.17, 15) is 0 Å². The number of imidazole rings is 1. The molecule has 0 bridgehead atoms. The van der Waals surface area contributed by atoms with Crippen LogP contribution in [0.25, 0.3) is 0 Å². The summed E-state index contributed by atoms with van der Waals surface area (Å²) in [5.74, 6) is 1.47. The Hall–Kier alpha value is -0.760. The molecule has 0 saturated heterocycles. The molecule has 0 atom stereocenters. The predicted octanol–water partition coefficient (Wildman–Crippen LogP) is 4.48. The van der Waals surface area contributed by atoms with E-state index in [0.29, 0.717) is 6.04 Å². The summed E-state index contributed by atoms with van der Waals surface area (Å²) in [6, 6.07) is 0.565. The van der Waals surface area contributed by atoms with E-state index in [4.69, 9.17) is 0 Å². The molecule has 1 aromatic heterocycles. The van der Waals surface area contributed by atoms with Crippen molar-refractivity contribution in [2.45, 2.75) is 123 Å². The maximum atomic E-state index is 2.42. The average molecular weight is 411 g/mol. The van der Waals surface area contributed by atoms with E-state index in [1.54, 1.807) is 0 Å². The lowest BCUT2D eigenvalue weighted by molar-refractivity contribution is -0.679. The number of hydrogen-bond donors (Lipinski definition) is 0. The summed E-state index contributed by atoms with van der Waals surface area (Å²) in [7, 11) is 2.17. The van der Waals surface area contributed by atoms with E-state index in [1.807, 2.05) is 0 Å². The van der Waals surface area contributed by atoms with Crippen LogP contribution in [0.4, 0.5) is 0 Å². The van der Waals surface area contributed by atoms with Gasteiger partial charge in [-0.05, 0) is 46.0 Å². The fourth-order valence-corrected chi connectivity index (χ4v) is 3.83. The molecule has 1 rings (SSSR count). The number of hydrogen-bond acceptors (Lipinski definition) is 0. The summed E-state index contributed by atoms with van der Waals surface area (Å²) in [4.78, 5) is 0. The van der Waals surface area contributed by atoms with Gasteiger partial charge in [0, 0.05) is 6.42 Å². The van der Waals surface area contributed by atoms with Gasteiger partial charge in [0.25, 0.3) is 5.82 Å². The third kappa shape index (κ3) is 12.6. The molecule has 3 heteroatoms. The van der Waals surface area contributed by atoms with Crippen LogP contribution in [0.15, 0.2) is 24.5 Å². The number of aryl methyl sites for hydroxylation is 1. The summed E-state index contributed by atoms with van der Waals surface area (Å²) in [5, 5.41) is 0. The number of nitrogens with zero attached hydrogens (tertiary/aromatic N) is 2.